The van der Waals surface area contributed by atoms with Gasteiger partial charge in [0.15, 0.2) is 0 Å². The van der Waals surface area contributed by atoms with Gasteiger partial charge in [0.25, 0.3) is 0 Å². The molecule has 0 aromatic heterocycles. The predicted molar refractivity (Wildman–Crippen MR) is 96.9 cm³/mol. The van der Waals surface area contributed by atoms with Crippen LogP contribution in [0.3, 0.4) is 0 Å². The molecule has 134 valence electrons. The van der Waals surface area contributed by atoms with Crippen LogP contribution in [0, 0.1) is 12.8 Å². The average molecular weight is 362 g/mol. The second-order valence-electron chi connectivity index (χ2n) is 6.16. The second kappa shape index (κ2) is 7.67. The number of amides is 1. The summed E-state index contributed by atoms with van der Waals surface area (Å²) in [6.07, 6.45) is 0. The summed E-state index contributed by atoms with van der Waals surface area (Å²) in [5.41, 5.74) is 1.17. The minimum absolute atomic E-state index is 0.0836. The molecule has 1 amide bonds. The van der Waals surface area contributed by atoms with Crippen molar-refractivity contribution in [1.29, 1.82) is 0 Å². The van der Waals surface area contributed by atoms with Gasteiger partial charge >= 0.3 is 0 Å². The number of anilines is 1. The number of rotatable bonds is 6. The fourth-order valence-corrected chi connectivity index (χ4v) is 3.58. The highest BCUT2D eigenvalue weighted by atomic mass is 32.2. The average Bonchev–Trinajstić information content (AvgIpc) is 2.55. The Morgan fingerprint density at radius 1 is 1.04 bits per heavy atom. The van der Waals surface area contributed by atoms with Gasteiger partial charge in [-0.25, -0.2) is 8.42 Å². The number of nitrogens with one attached hydrogen (secondary N) is 2. The Labute approximate surface area is 147 Å². The maximum absolute atomic E-state index is 12.5. The predicted octanol–water partition coefficient (Wildman–Crippen LogP) is 2.64. The van der Waals surface area contributed by atoms with Crippen LogP contribution in [-0.4, -0.2) is 25.5 Å². The number of hydrogen-bond donors (Lipinski definition) is 3. The van der Waals surface area contributed by atoms with Crippen molar-refractivity contribution in [2.75, 3.05) is 5.32 Å². The van der Waals surface area contributed by atoms with Crippen molar-refractivity contribution in [1.82, 2.24) is 4.72 Å². The smallest absolute Gasteiger partial charge is 0.242 e. The monoisotopic (exact) mass is 362 g/mol. The quantitative estimate of drug-likeness (QED) is 0.689. The molecule has 0 unspecified atom stereocenters. The standard InChI is InChI=1S/C18H22N2O4S/c1-12(2)17(18(22)19-15-6-4-5-7-16(15)21)20-25(23,24)14-10-8-13(3)9-11-14/h4-12,17,20-21H,1-3H3,(H,19,22)/t17-/m0/s1. The first kappa shape index (κ1) is 19.0. The molecule has 1 atom stereocenters. The van der Waals surface area contributed by atoms with Crippen molar-refractivity contribution in [3.05, 3.63) is 54.1 Å². The van der Waals surface area contributed by atoms with E-state index < -0.39 is 22.0 Å². The number of aryl methyl sites for hydroxylation is 1. The van der Waals surface area contributed by atoms with Crippen LogP contribution in [0.15, 0.2) is 53.4 Å². The van der Waals surface area contributed by atoms with E-state index in [0.29, 0.717) is 0 Å². The molecule has 6 nitrogen and oxygen atoms in total. The summed E-state index contributed by atoms with van der Waals surface area (Å²) in [7, 11) is -3.84. The number of hydrogen-bond acceptors (Lipinski definition) is 4. The largest absolute Gasteiger partial charge is 0.506 e. The molecule has 0 aliphatic rings. The molecule has 0 fully saturated rings. The number of aromatic hydroxyl groups is 1. The van der Waals surface area contributed by atoms with Crippen LogP contribution in [0.2, 0.25) is 0 Å². The summed E-state index contributed by atoms with van der Waals surface area (Å²) in [4.78, 5) is 12.6. The summed E-state index contributed by atoms with van der Waals surface area (Å²) in [5, 5.41) is 12.3. The zero-order chi connectivity index (χ0) is 18.6. The van der Waals surface area contributed by atoms with Crippen LogP contribution in [0.5, 0.6) is 5.75 Å². The van der Waals surface area contributed by atoms with Gasteiger partial charge in [0.1, 0.15) is 11.8 Å². The van der Waals surface area contributed by atoms with E-state index >= 15 is 0 Å². The highest BCUT2D eigenvalue weighted by molar-refractivity contribution is 7.89. The topological polar surface area (TPSA) is 95.5 Å². The lowest BCUT2D eigenvalue weighted by Gasteiger charge is -2.22. The number of phenolic OH excluding ortho intramolecular Hbond substituents is 1. The Bertz CT molecular complexity index is 846. The summed E-state index contributed by atoms with van der Waals surface area (Å²) >= 11 is 0. The first-order valence-corrected chi connectivity index (χ1v) is 9.37. The minimum atomic E-state index is -3.84. The number of carbonyl (C=O) groups excluding carboxylic acids is 1. The van der Waals surface area contributed by atoms with Gasteiger partial charge in [-0.05, 0) is 37.1 Å². The summed E-state index contributed by atoms with van der Waals surface area (Å²) < 4.78 is 27.5. The third kappa shape index (κ3) is 4.80. The van der Waals surface area contributed by atoms with Gasteiger partial charge in [0.05, 0.1) is 10.6 Å². The normalized spacial score (nSPS) is 12.8. The van der Waals surface area contributed by atoms with E-state index in [9.17, 15) is 18.3 Å². The minimum Gasteiger partial charge on any atom is -0.506 e. The Hall–Kier alpha value is -2.38. The molecule has 0 aliphatic carbocycles. The summed E-state index contributed by atoms with van der Waals surface area (Å²) in [6.45, 7) is 5.35. The fraction of sp³-hybridized carbons (Fsp3) is 0.278. The molecule has 0 spiro atoms. The SMILES string of the molecule is Cc1ccc(S(=O)(=O)N[C@H](C(=O)Nc2ccccc2O)C(C)C)cc1. The molecule has 0 saturated carbocycles. The van der Waals surface area contributed by atoms with Gasteiger partial charge in [-0.15, -0.1) is 0 Å². The summed E-state index contributed by atoms with van der Waals surface area (Å²) in [5.74, 6) is -0.905. The van der Waals surface area contributed by atoms with E-state index in [1.54, 1.807) is 44.2 Å². The number of phenols is 1. The molecule has 0 heterocycles. The van der Waals surface area contributed by atoms with Gasteiger partial charge in [-0.2, -0.15) is 4.72 Å². The van der Waals surface area contributed by atoms with Crippen molar-refractivity contribution in [2.24, 2.45) is 5.92 Å². The lowest BCUT2D eigenvalue weighted by Crippen LogP contribution is -2.47. The van der Waals surface area contributed by atoms with Crippen molar-refractivity contribution in [3.8, 4) is 5.75 Å². The van der Waals surface area contributed by atoms with Crippen molar-refractivity contribution < 1.29 is 18.3 Å². The molecule has 0 saturated heterocycles. The van der Waals surface area contributed by atoms with Crippen molar-refractivity contribution in [2.45, 2.75) is 31.7 Å². The van der Waals surface area contributed by atoms with Crippen molar-refractivity contribution >= 4 is 21.6 Å². The molecule has 7 heteroatoms. The molecular weight excluding hydrogens is 340 g/mol. The molecule has 0 aliphatic heterocycles. The first-order chi connectivity index (χ1) is 11.7. The molecular formula is C18H22N2O4S. The molecule has 0 bridgehead atoms. The maximum Gasteiger partial charge on any atom is 0.242 e. The highest BCUT2D eigenvalue weighted by Gasteiger charge is 2.28. The van der Waals surface area contributed by atoms with Crippen LogP contribution >= 0.6 is 0 Å². The Balaban J connectivity index is 2.21. The van der Waals surface area contributed by atoms with E-state index in [4.69, 9.17) is 0 Å². The third-order valence-corrected chi connectivity index (χ3v) is 5.18. The first-order valence-electron chi connectivity index (χ1n) is 7.88. The van der Waals surface area contributed by atoms with Gasteiger partial charge in [0.2, 0.25) is 15.9 Å². The van der Waals surface area contributed by atoms with E-state index in [-0.39, 0.29) is 22.3 Å². The van der Waals surface area contributed by atoms with Crippen LogP contribution < -0.4 is 10.0 Å². The Kier molecular flexibility index (Phi) is 5.81. The number of carbonyl (C=O) groups is 1. The van der Waals surface area contributed by atoms with E-state index in [0.717, 1.165) is 5.56 Å². The summed E-state index contributed by atoms with van der Waals surface area (Å²) in [6, 6.07) is 11.7. The number of benzene rings is 2. The maximum atomic E-state index is 12.5. The van der Waals surface area contributed by atoms with E-state index in [1.165, 1.54) is 18.2 Å². The molecule has 25 heavy (non-hydrogen) atoms. The van der Waals surface area contributed by atoms with Gasteiger partial charge < -0.3 is 10.4 Å². The zero-order valence-electron chi connectivity index (χ0n) is 14.4. The highest BCUT2D eigenvalue weighted by Crippen LogP contribution is 2.22. The van der Waals surface area contributed by atoms with Crippen molar-refractivity contribution in [3.63, 3.8) is 0 Å². The van der Waals surface area contributed by atoms with Gasteiger partial charge in [-0.1, -0.05) is 43.7 Å². The molecule has 2 rings (SSSR count). The van der Waals surface area contributed by atoms with Crippen LogP contribution in [0.25, 0.3) is 0 Å². The lowest BCUT2D eigenvalue weighted by molar-refractivity contribution is -0.118. The lowest BCUT2D eigenvalue weighted by atomic mass is 10.0. The van der Waals surface area contributed by atoms with Gasteiger partial charge in [-0.3, -0.25) is 4.79 Å². The zero-order valence-corrected chi connectivity index (χ0v) is 15.2. The van der Waals surface area contributed by atoms with Gasteiger partial charge in [0, 0.05) is 0 Å². The molecule has 3 N–H and O–H groups in total. The Morgan fingerprint density at radius 2 is 1.64 bits per heavy atom. The van der Waals surface area contributed by atoms with E-state index in [2.05, 4.69) is 10.0 Å². The number of para-hydroxylation sites is 2. The van der Waals surface area contributed by atoms with Crippen LogP contribution in [0.4, 0.5) is 5.69 Å². The van der Waals surface area contributed by atoms with Crippen LogP contribution in [0.1, 0.15) is 19.4 Å². The second-order valence-corrected chi connectivity index (χ2v) is 7.88. The third-order valence-electron chi connectivity index (χ3n) is 3.72. The number of sulfonamides is 1. The van der Waals surface area contributed by atoms with E-state index in [1.807, 2.05) is 6.92 Å². The fourth-order valence-electron chi connectivity index (χ4n) is 2.23. The molecule has 0 radical (unpaired) electrons. The molecule has 2 aromatic rings. The Morgan fingerprint density at radius 3 is 2.20 bits per heavy atom. The van der Waals surface area contributed by atoms with Crippen LogP contribution in [-0.2, 0) is 14.8 Å². The molecule has 2 aromatic carbocycles.